The maximum Gasteiger partial charge on any atom is 0.262 e. The number of pyridine rings is 1. The molecule has 148 valence electrons. The summed E-state index contributed by atoms with van der Waals surface area (Å²) in [6.07, 6.45) is 4.66. The Morgan fingerprint density at radius 1 is 1.17 bits per heavy atom. The Kier molecular flexibility index (Phi) is 4.13. The first-order valence-corrected chi connectivity index (χ1v) is 9.24. The van der Waals surface area contributed by atoms with Crippen molar-refractivity contribution in [3.63, 3.8) is 0 Å². The number of nitrogens with zero attached hydrogens (tertiary/aromatic N) is 4. The van der Waals surface area contributed by atoms with E-state index >= 15 is 0 Å². The molecule has 0 aliphatic rings. The predicted molar refractivity (Wildman–Crippen MR) is 109 cm³/mol. The summed E-state index contributed by atoms with van der Waals surface area (Å²) < 4.78 is 7.33. The van der Waals surface area contributed by atoms with Gasteiger partial charge in [-0.05, 0) is 30.7 Å². The van der Waals surface area contributed by atoms with E-state index in [1.165, 1.54) is 6.33 Å². The lowest BCUT2D eigenvalue weighted by atomic mass is 10.1. The zero-order valence-electron chi connectivity index (χ0n) is 15.9. The normalized spacial score (nSPS) is 11.2. The Hall–Kier alpha value is -4.27. The first-order chi connectivity index (χ1) is 14.6. The average Bonchev–Trinajstić information content (AvgIpc) is 3.34. The highest BCUT2D eigenvalue weighted by molar-refractivity contribution is 6.06. The number of para-hydroxylation sites is 2. The van der Waals surface area contributed by atoms with E-state index in [0.717, 1.165) is 22.4 Å². The third kappa shape index (κ3) is 2.93. The fourth-order valence-corrected chi connectivity index (χ4v) is 3.40. The summed E-state index contributed by atoms with van der Waals surface area (Å²) in [4.78, 5) is 40.0. The van der Waals surface area contributed by atoms with Gasteiger partial charge in [-0.25, -0.2) is 15.0 Å². The van der Waals surface area contributed by atoms with Crippen molar-refractivity contribution in [3.05, 3.63) is 82.5 Å². The van der Waals surface area contributed by atoms with Gasteiger partial charge in [-0.3, -0.25) is 14.2 Å². The predicted octanol–water partition coefficient (Wildman–Crippen LogP) is 2.49. The molecule has 2 N–H and O–H groups in total. The number of rotatable bonds is 4. The molecule has 0 spiro atoms. The third-order valence-corrected chi connectivity index (χ3v) is 4.86. The van der Waals surface area contributed by atoms with E-state index in [9.17, 15) is 9.59 Å². The SMILES string of the molecule is Cc1oc2nc[nH]c(=O)c2c1C(=O)NCc1ccc(-n2cnc3ccccc32)nc1. The molecular weight excluding hydrogens is 384 g/mol. The molecule has 0 saturated carbocycles. The minimum absolute atomic E-state index is 0.139. The summed E-state index contributed by atoms with van der Waals surface area (Å²) in [6.45, 7) is 1.88. The number of imidazole rings is 1. The van der Waals surface area contributed by atoms with Gasteiger partial charge in [0.05, 0.1) is 22.9 Å². The number of hydrogen-bond acceptors (Lipinski definition) is 6. The maximum absolute atomic E-state index is 12.7. The minimum atomic E-state index is -0.416. The van der Waals surface area contributed by atoms with Crippen molar-refractivity contribution in [2.45, 2.75) is 13.5 Å². The Morgan fingerprint density at radius 2 is 2.03 bits per heavy atom. The number of H-pyrrole nitrogens is 1. The molecule has 5 aromatic rings. The Bertz CT molecular complexity index is 1450. The molecule has 1 aromatic carbocycles. The smallest absolute Gasteiger partial charge is 0.262 e. The van der Waals surface area contributed by atoms with Crippen molar-refractivity contribution in [1.82, 2.24) is 29.8 Å². The van der Waals surface area contributed by atoms with Crippen molar-refractivity contribution in [3.8, 4) is 5.82 Å². The van der Waals surface area contributed by atoms with Gasteiger partial charge in [0.25, 0.3) is 11.5 Å². The number of aromatic amines is 1. The molecule has 0 fully saturated rings. The van der Waals surface area contributed by atoms with Crippen LogP contribution in [0.5, 0.6) is 0 Å². The lowest BCUT2D eigenvalue weighted by Crippen LogP contribution is -2.24. The summed E-state index contributed by atoms with van der Waals surface area (Å²) in [6, 6.07) is 11.6. The van der Waals surface area contributed by atoms with Crippen molar-refractivity contribution in [2.24, 2.45) is 0 Å². The summed E-state index contributed by atoms with van der Waals surface area (Å²) >= 11 is 0. The second-order valence-electron chi connectivity index (χ2n) is 6.76. The number of benzene rings is 1. The van der Waals surface area contributed by atoms with Gasteiger partial charge in [0.15, 0.2) is 0 Å². The standard InChI is InChI=1S/C21H16N6O3/c1-12-17(18-20(29)24-10-25-21(18)30-12)19(28)23-9-13-6-7-16(22-8-13)27-11-26-14-4-2-3-5-15(14)27/h2-8,10-11H,9H2,1H3,(H,23,28)(H,24,25,29). The zero-order chi connectivity index (χ0) is 20.7. The molecule has 0 bridgehead atoms. The molecule has 0 aliphatic heterocycles. The van der Waals surface area contributed by atoms with Crippen LogP contribution < -0.4 is 10.9 Å². The quantitative estimate of drug-likeness (QED) is 0.478. The van der Waals surface area contributed by atoms with Crippen LogP contribution in [0.25, 0.3) is 28.0 Å². The highest BCUT2D eigenvalue weighted by atomic mass is 16.3. The molecule has 1 amide bonds. The Balaban J connectivity index is 1.36. The monoisotopic (exact) mass is 400 g/mol. The fourth-order valence-electron chi connectivity index (χ4n) is 3.40. The molecular formula is C21H16N6O3. The molecule has 0 saturated heterocycles. The second-order valence-corrected chi connectivity index (χ2v) is 6.76. The number of aryl methyl sites for hydroxylation is 1. The van der Waals surface area contributed by atoms with E-state index in [1.54, 1.807) is 19.4 Å². The molecule has 30 heavy (non-hydrogen) atoms. The van der Waals surface area contributed by atoms with Crippen LogP contribution in [0.15, 0.2) is 64.5 Å². The van der Waals surface area contributed by atoms with E-state index in [-0.39, 0.29) is 23.2 Å². The molecule has 0 radical (unpaired) electrons. The van der Waals surface area contributed by atoms with Crippen LogP contribution in [0.2, 0.25) is 0 Å². The van der Waals surface area contributed by atoms with Gasteiger partial charge in [0.1, 0.15) is 23.3 Å². The molecule has 5 rings (SSSR count). The van der Waals surface area contributed by atoms with Gasteiger partial charge >= 0.3 is 0 Å². The van der Waals surface area contributed by atoms with Crippen LogP contribution in [-0.2, 0) is 6.54 Å². The van der Waals surface area contributed by atoms with Crippen LogP contribution in [0, 0.1) is 6.92 Å². The Labute approximate surface area is 169 Å². The number of nitrogens with one attached hydrogen (secondary N) is 2. The number of carbonyl (C=O) groups is 1. The van der Waals surface area contributed by atoms with E-state index in [2.05, 4.69) is 25.3 Å². The third-order valence-electron chi connectivity index (χ3n) is 4.86. The van der Waals surface area contributed by atoms with Crippen molar-refractivity contribution < 1.29 is 9.21 Å². The minimum Gasteiger partial charge on any atom is -0.442 e. The van der Waals surface area contributed by atoms with E-state index < -0.39 is 11.5 Å². The van der Waals surface area contributed by atoms with Crippen molar-refractivity contribution in [2.75, 3.05) is 0 Å². The van der Waals surface area contributed by atoms with E-state index in [0.29, 0.717) is 5.76 Å². The second kappa shape index (κ2) is 6.96. The highest BCUT2D eigenvalue weighted by Gasteiger charge is 2.21. The average molecular weight is 400 g/mol. The number of aromatic nitrogens is 5. The van der Waals surface area contributed by atoms with Gasteiger partial charge in [0.2, 0.25) is 5.71 Å². The molecule has 4 aromatic heterocycles. The topological polar surface area (TPSA) is 119 Å². The largest absolute Gasteiger partial charge is 0.442 e. The number of amides is 1. The summed E-state index contributed by atoms with van der Waals surface area (Å²) in [5.41, 5.74) is 2.58. The fraction of sp³-hybridized carbons (Fsp3) is 0.0952. The van der Waals surface area contributed by atoms with Crippen LogP contribution in [0.3, 0.4) is 0 Å². The van der Waals surface area contributed by atoms with Gasteiger partial charge in [-0.15, -0.1) is 0 Å². The maximum atomic E-state index is 12.7. The highest BCUT2D eigenvalue weighted by Crippen LogP contribution is 2.20. The summed E-state index contributed by atoms with van der Waals surface area (Å²) in [5.74, 6) is 0.662. The Morgan fingerprint density at radius 3 is 2.87 bits per heavy atom. The first-order valence-electron chi connectivity index (χ1n) is 9.24. The zero-order valence-corrected chi connectivity index (χ0v) is 15.9. The molecule has 0 unspecified atom stereocenters. The number of carbonyl (C=O) groups excluding carboxylic acids is 1. The van der Waals surface area contributed by atoms with Gasteiger partial charge in [0, 0.05) is 12.7 Å². The molecule has 9 heteroatoms. The van der Waals surface area contributed by atoms with Crippen LogP contribution in [0.4, 0.5) is 0 Å². The first kappa shape index (κ1) is 17.8. The van der Waals surface area contributed by atoms with Crippen LogP contribution >= 0.6 is 0 Å². The van der Waals surface area contributed by atoms with Gasteiger partial charge in [-0.2, -0.15) is 0 Å². The molecule has 9 nitrogen and oxygen atoms in total. The van der Waals surface area contributed by atoms with E-state index in [1.807, 2.05) is 41.0 Å². The lowest BCUT2D eigenvalue weighted by Gasteiger charge is -2.07. The van der Waals surface area contributed by atoms with Gasteiger partial charge < -0.3 is 14.7 Å². The lowest BCUT2D eigenvalue weighted by molar-refractivity contribution is 0.0950. The summed E-state index contributed by atoms with van der Waals surface area (Å²) in [5, 5.41) is 2.95. The molecule has 0 atom stereocenters. The van der Waals surface area contributed by atoms with Gasteiger partial charge in [-0.1, -0.05) is 18.2 Å². The van der Waals surface area contributed by atoms with Crippen molar-refractivity contribution in [1.29, 1.82) is 0 Å². The van der Waals surface area contributed by atoms with Crippen LogP contribution in [0.1, 0.15) is 21.7 Å². The number of furan rings is 1. The number of fused-ring (bicyclic) bond motifs is 2. The molecule has 0 aliphatic carbocycles. The van der Waals surface area contributed by atoms with Crippen molar-refractivity contribution >= 4 is 28.0 Å². The van der Waals surface area contributed by atoms with E-state index in [4.69, 9.17) is 4.42 Å². The summed E-state index contributed by atoms with van der Waals surface area (Å²) in [7, 11) is 0. The molecule has 4 heterocycles. The number of hydrogen-bond donors (Lipinski definition) is 2. The van der Waals surface area contributed by atoms with Crippen LogP contribution in [-0.4, -0.2) is 30.4 Å².